The number of nitrogens with one attached hydrogen (secondary N) is 1. The van der Waals surface area contributed by atoms with Crippen molar-refractivity contribution in [3.8, 4) is 5.75 Å². The maximum atomic E-state index is 13.8. The van der Waals surface area contributed by atoms with Gasteiger partial charge in [0, 0.05) is 54.8 Å². The first kappa shape index (κ1) is 32.1. The highest BCUT2D eigenvalue weighted by atomic mass is 32.2. The zero-order chi connectivity index (χ0) is 32.9. The summed E-state index contributed by atoms with van der Waals surface area (Å²) in [6.07, 6.45) is 11.6. The van der Waals surface area contributed by atoms with Crippen molar-refractivity contribution in [3.05, 3.63) is 86.8 Å². The third kappa shape index (κ3) is 7.76. The molecule has 0 saturated heterocycles. The maximum absolute atomic E-state index is 13.8. The Labute approximate surface area is 270 Å². The number of halogens is 3. The molecular formula is C33H30F3N5O5S. The van der Waals surface area contributed by atoms with Gasteiger partial charge in [0.2, 0.25) is 0 Å². The van der Waals surface area contributed by atoms with Crippen molar-refractivity contribution < 1.29 is 32.3 Å². The van der Waals surface area contributed by atoms with Gasteiger partial charge >= 0.3 is 12.6 Å². The lowest BCUT2D eigenvalue weighted by atomic mass is 10.1. The van der Waals surface area contributed by atoms with Crippen LogP contribution in [0.1, 0.15) is 49.4 Å². The van der Waals surface area contributed by atoms with Gasteiger partial charge in [-0.05, 0) is 49.6 Å². The zero-order valence-electron chi connectivity index (χ0n) is 25.0. The number of ether oxygens (including phenoxy) is 1. The van der Waals surface area contributed by atoms with Crippen molar-refractivity contribution in [2.24, 2.45) is 0 Å². The fraction of sp³-hybridized carbons (Fsp3) is 0.303. The molecule has 0 amide bonds. The number of imidazole rings is 1. The summed E-state index contributed by atoms with van der Waals surface area (Å²) in [6.45, 7) is -2.91. The number of aromatic amines is 1. The summed E-state index contributed by atoms with van der Waals surface area (Å²) in [5.74, 6) is 0.881. The number of thioether (sulfide) groups is 1. The zero-order valence-corrected chi connectivity index (χ0v) is 25.8. The number of carbonyl (C=O) groups is 1. The highest BCUT2D eigenvalue weighted by Gasteiger charge is 2.17. The van der Waals surface area contributed by atoms with Crippen molar-refractivity contribution >= 4 is 52.2 Å². The Kier molecular flexibility index (Phi) is 9.76. The fourth-order valence-corrected chi connectivity index (χ4v) is 6.20. The molecule has 0 bridgehead atoms. The number of rotatable bonds is 13. The standard InChI is InChI=1S/C33H30F3N5O5S/c34-20-8-10-21(11-9-20)41-29(6-1-2-7-30(42)43)37-27-16-19(4-3-5-24(27)31(41)44)26-18-23(46-40-26)14-15-47-33-38-25-13-12-22(45-32(35)36)17-28(25)39-33/h4-5,8,10-13,16-18,20,32H,1-3,6-7,9,14-15H2,(H,38,39)(H,42,43). The first-order chi connectivity index (χ1) is 22.7. The summed E-state index contributed by atoms with van der Waals surface area (Å²) >= 11 is 1.44. The molecule has 0 aliphatic heterocycles. The van der Waals surface area contributed by atoms with Gasteiger partial charge in [-0.25, -0.2) is 14.4 Å². The number of carboxylic acids is 1. The number of H-pyrrole nitrogens is 1. The lowest BCUT2D eigenvalue weighted by molar-refractivity contribution is -0.137. The number of aliphatic carboxylic acids is 1. The van der Waals surface area contributed by atoms with E-state index >= 15 is 0 Å². The van der Waals surface area contributed by atoms with Crippen LogP contribution in [0.5, 0.6) is 5.75 Å². The molecule has 2 N–H and O–H groups in total. The molecule has 2 aliphatic rings. The van der Waals surface area contributed by atoms with Gasteiger partial charge in [0.15, 0.2) is 5.16 Å². The lowest BCUT2D eigenvalue weighted by Gasteiger charge is -2.16. The van der Waals surface area contributed by atoms with Crippen molar-refractivity contribution in [2.45, 2.75) is 62.9 Å². The Balaban J connectivity index is 1.19. The number of aryl methyl sites for hydroxylation is 2. The largest absolute Gasteiger partial charge is 0.481 e. The molecule has 0 radical (unpaired) electrons. The van der Waals surface area contributed by atoms with Crippen LogP contribution in [0.2, 0.25) is 0 Å². The number of benzene rings is 1. The van der Waals surface area contributed by atoms with E-state index in [-0.39, 0.29) is 24.2 Å². The smallest absolute Gasteiger partial charge is 0.387 e. The molecule has 0 saturated carbocycles. The molecule has 6 rings (SSSR count). The minimum Gasteiger partial charge on any atom is -0.481 e. The van der Waals surface area contributed by atoms with Crippen LogP contribution >= 0.6 is 11.8 Å². The molecule has 0 fully saturated rings. The number of hydrogen-bond acceptors (Lipinski definition) is 8. The molecule has 1 atom stereocenters. The van der Waals surface area contributed by atoms with Crippen LogP contribution in [0.4, 0.5) is 13.2 Å². The third-order valence-electron chi connectivity index (χ3n) is 7.59. The van der Waals surface area contributed by atoms with Crippen LogP contribution in [0.25, 0.3) is 34.5 Å². The summed E-state index contributed by atoms with van der Waals surface area (Å²) in [5.41, 5.74) is 2.81. The Morgan fingerprint density at radius 2 is 2.04 bits per heavy atom. The van der Waals surface area contributed by atoms with Crippen LogP contribution < -0.4 is 20.9 Å². The third-order valence-corrected chi connectivity index (χ3v) is 8.47. The van der Waals surface area contributed by atoms with Crippen LogP contribution in [0.3, 0.4) is 0 Å². The highest BCUT2D eigenvalue weighted by Crippen LogP contribution is 2.26. The molecule has 244 valence electrons. The Hall–Kier alpha value is -4.85. The highest BCUT2D eigenvalue weighted by molar-refractivity contribution is 7.99. The SMILES string of the molecule is O=C(O)CCCCc1nc2c(c(=O)n1C1=CCC(F)C=C1)=CCC=C(c1cc(CCSc3nc4ccc(OC(F)F)cc4[nH]3)on1)C=2. The Morgan fingerprint density at radius 1 is 1.17 bits per heavy atom. The van der Waals surface area contributed by atoms with Crippen molar-refractivity contribution in [3.63, 3.8) is 0 Å². The summed E-state index contributed by atoms with van der Waals surface area (Å²) in [5, 5.41) is 14.8. The molecule has 10 nitrogen and oxygen atoms in total. The Bertz CT molecular complexity index is 2080. The minimum atomic E-state index is -2.91. The predicted molar refractivity (Wildman–Crippen MR) is 171 cm³/mol. The normalized spacial score (nSPS) is 15.9. The van der Waals surface area contributed by atoms with Gasteiger partial charge in [-0.1, -0.05) is 35.1 Å². The van der Waals surface area contributed by atoms with Crippen molar-refractivity contribution in [1.29, 1.82) is 0 Å². The molecule has 47 heavy (non-hydrogen) atoms. The monoisotopic (exact) mass is 665 g/mol. The van der Waals surface area contributed by atoms with Crippen molar-refractivity contribution in [1.82, 2.24) is 24.7 Å². The molecular weight excluding hydrogens is 635 g/mol. The summed E-state index contributed by atoms with van der Waals surface area (Å²) in [7, 11) is 0. The van der Waals surface area contributed by atoms with E-state index in [1.54, 1.807) is 30.4 Å². The maximum Gasteiger partial charge on any atom is 0.387 e. The van der Waals surface area contributed by atoms with Crippen LogP contribution in [0, 0.1) is 0 Å². The van der Waals surface area contributed by atoms with E-state index in [4.69, 9.17) is 14.6 Å². The topological polar surface area (TPSA) is 136 Å². The second-order valence-electron chi connectivity index (χ2n) is 10.9. The van der Waals surface area contributed by atoms with Gasteiger partial charge in [0.1, 0.15) is 29.2 Å². The van der Waals surface area contributed by atoms with E-state index in [9.17, 15) is 22.8 Å². The number of unbranched alkanes of at least 4 members (excludes halogenated alkanes) is 1. The van der Waals surface area contributed by atoms with E-state index in [0.29, 0.717) is 87.6 Å². The first-order valence-corrected chi connectivity index (χ1v) is 16.0. The van der Waals surface area contributed by atoms with Gasteiger partial charge in [-0.15, -0.1) is 0 Å². The second-order valence-corrected chi connectivity index (χ2v) is 12.0. The predicted octanol–water partition coefficient (Wildman–Crippen LogP) is 5.03. The van der Waals surface area contributed by atoms with Gasteiger partial charge in [-0.3, -0.25) is 14.2 Å². The van der Waals surface area contributed by atoms with Crippen molar-refractivity contribution in [2.75, 3.05) is 5.75 Å². The number of allylic oxidation sites excluding steroid dienone is 6. The molecule has 3 aromatic heterocycles. The van der Waals surface area contributed by atoms with E-state index in [2.05, 4.69) is 19.9 Å². The molecule has 14 heteroatoms. The van der Waals surface area contributed by atoms with E-state index in [1.807, 2.05) is 12.1 Å². The summed E-state index contributed by atoms with van der Waals surface area (Å²) in [4.78, 5) is 37.3. The first-order valence-electron chi connectivity index (χ1n) is 15.1. The van der Waals surface area contributed by atoms with E-state index < -0.39 is 18.8 Å². The van der Waals surface area contributed by atoms with Crippen LogP contribution in [-0.2, 0) is 17.6 Å². The second kappa shape index (κ2) is 14.3. The van der Waals surface area contributed by atoms with Gasteiger partial charge in [-0.2, -0.15) is 8.78 Å². The average Bonchev–Trinajstić information content (AvgIpc) is 3.61. The lowest BCUT2D eigenvalue weighted by Crippen LogP contribution is -2.48. The quantitative estimate of drug-likeness (QED) is 0.149. The average molecular weight is 666 g/mol. The fourth-order valence-electron chi connectivity index (χ4n) is 5.35. The van der Waals surface area contributed by atoms with Gasteiger partial charge in [0.25, 0.3) is 5.56 Å². The number of aromatic nitrogens is 5. The van der Waals surface area contributed by atoms with E-state index in [0.717, 1.165) is 5.57 Å². The van der Waals surface area contributed by atoms with E-state index in [1.165, 1.54) is 34.5 Å². The van der Waals surface area contributed by atoms with Gasteiger partial charge in [0.05, 0.1) is 21.6 Å². The van der Waals surface area contributed by atoms with Gasteiger partial charge < -0.3 is 19.4 Å². The van der Waals surface area contributed by atoms with Crippen LogP contribution in [0.15, 0.2) is 63.0 Å². The Morgan fingerprint density at radius 3 is 2.83 bits per heavy atom. The number of hydrogen-bond donors (Lipinski definition) is 2. The molecule has 1 aromatic carbocycles. The summed E-state index contributed by atoms with van der Waals surface area (Å²) < 4.78 is 50.4. The molecule has 1 unspecified atom stereocenters. The minimum absolute atomic E-state index is 0.0131. The number of alkyl halides is 3. The molecule has 4 aromatic rings. The molecule has 2 aliphatic carbocycles. The molecule has 3 heterocycles. The number of nitrogens with zero attached hydrogens (tertiary/aromatic N) is 4. The van der Waals surface area contributed by atoms with Crippen LogP contribution in [-0.4, -0.2) is 54.3 Å². The number of fused-ring (bicyclic) bond motifs is 2. The number of carboxylic acid groups (broad SMARTS) is 1. The summed E-state index contributed by atoms with van der Waals surface area (Å²) in [6, 6.07) is 6.36. The molecule has 0 spiro atoms.